The SMILES string of the molecule is CC(C)CCOc1ccc(C(=O)OCC(=O)Nc2ccccc2SCC#N)cc1. The van der Waals surface area contributed by atoms with E-state index in [9.17, 15) is 9.59 Å². The zero-order chi connectivity index (χ0) is 21.1. The van der Waals surface area contributed by atoms with Crippen LogP contribution in [0.1, 0.15) is 30.6 Å². The third-order valence-electron chi connectivity index (χ3n) is 3.84. The fourth-order valence-electron chi connectivity index (χ4n) is 2.31. The molecule has 0 heterocycles. The van der Waals surface area contributed by atoms with E-state index in [1.807, 2.05) is 18.2 Å². The molecule has 2 rings (SSSR count). The van der Waals surface area contributed by atoms with E-state index in [-0.39, 0.29) is 5.75 Å². The average Bonchev–Trinajstić information content (AvgIpc) is 2.71. The molecule has 0 unspecified atom stereocenters. The lowest BCUT2D eigenvalue weighted by molar-refractivity contribution is -0.119. The summed E-state index contributed by atoms with van der Waals surface area (Å²) in [4.78, 5) is 25.0. The van der Waals surface area contributed by atoms with Crippen LogP contribution in [0.25, 0.3) is 0 Å². The van der Waals surface area contributed by atoms with Crippen LogP contribution in [-0.4, -0.2) is 30.8 Å². The number of nitriles is 1. The quantitative estimate of drug-likeness (QED) is 0.456. The van der Waals surface area contributed by atoms with Crippen molar-refractivity contribution >= 4 is 29.3 Å². The van der Waals surface area contributed by atoms with Gasteiger partial charge in [-0.05, 0) is 48.7 Å². The first-order valence-corrected chi connectivity index (χ1v) is 10.3. The Kier molecular flexibility index (Phi) is 9.06. The number of para-hydroxylation sites is 1. The second-order valence-corrected chi connectivity index (χ2v) is 7.64. The number of nitrogens with zero attached hydrogens (tertiary/aromatic N) is 1. The monoisotopic (exact) mass is 412 g/mol. The number of esters is 1. The Balaban J connectivity index is 1.83. The third-order valence-corrected chi connectivity index (χ3v) is 4.78. The van der Waals surface area contributed by atoms with Gasteiger partial charge < -0.3 is 14.8 Å². The van der Waals surface area contributed by atoms with Crippen molar-refractivity contribution in [2.75, 3.05) is 24.3 Å². The molecule has 0 saturated carbocycles. The molecule has 2 aromatic rings. The molecule has 0 bridgehead atoms. The van der Waals surface area contributed by atoms with E-state index in [4.69, 9.17) is 14.7 Å². The molecule has 0 aliphatic heterocycles. The Hall–Kier alpha value is -2.98. The Morgan fingerprint density at radius 1 is 1.14 bits per heavy atom. The van der Waals surface area contributed by atoms with Crippen LogP contribution < -0.4 is 10.1 Å². The fourth-order valence-corrected chi connectivity index (χ4v) is 2.98. The molecule has 0 aromatic heterocycles. The number of anilines is 1. The number of ether oxygens (including phenoxy) is 2. The number of carbonyl (C=O) groups is 2. The molecule has 29 heavy (non-hydrogen) atoms. The molecule has 1 amide bonds. The van der Waals surface area contributed by atoms with E-state index in [0.29, 0.717) is 29.5 Å². The number of hydrogen-bond acceptors (Lipinski definition) is 6. The molecule has 6 nitrogen and oxygen atoms in total. The van der Waals surface area contributed by atoms with Crippen molar-refractivity contribution < 1.29 is 19.1 Å². The standard InChI is InChI=1S/C22H24N2O4S/c1-16(2)11-13-27-18-9-7-17(8-10-18)22(26)28-15-21(25)24-19-5-3-4-6-20(19)29-14-12-23/h3-10,16H,11,13-15H2,1-2H3,(H,24,25). The molecule has 0 saturated heterocycles. The van der Waals surface area contributed by atoms with Crippen LogP contribution in [0.3, 0.4) is 0 Å². The highest BCUT2D eigenvalue weighted by atomic mass is 32.2. The normalized spacial score (nSPS) is 10.3. The highest BCUT2D eigenvalue weighted by Crippen LogP contribution is 2.26. The molecule has 0 atom stereocenters. The largest absolute Gasteiger partial charge is 0.494 e. The summed E-state index contributed by atoms with van der Waals surface area (Å²) >= 11 is 1.32. The highest BCUT2D eigenvalue weighted by Gasteiger charge is 2.12. The molecular formula is C22H24N2O4S. The number of rotatable bonds is 10. The molecule has 7 heteroatoms. The molecule has 0 aliphatic rings. The zero-order valence-electron chi connectivity index (χ0n) is 16.5. The van der Waals surface area contributed by atoms with E-state index >= 15 is 0 Å². The van der Waals surface area contributed by atoms with E-state index in [1.165, 1.54) is 11.8 Å². The Morgan fingerprint density at radius 3 is 2.55 bits per heavy atom. The summed E-state index contributed by atoms with van der Waals surface area (Å²) in [6.45, 7) is 4.48. The number of thioether (sulfide) groups is 1. The Labute approximate surface area is 175 Å². The van der Waals surface area contributed by atoms with E-state index in [0.717, 1.165) is 11.3 Å². The van der Waals surface area contributed by atoms with Crippen LogP contribution in [-0.2, 0) is 9.53 Å². The average molecular weight is 413 g/mol. The molecule has 0 radical (unpaired) electrons. The van der Waals surface area contributed by atoms with Crippen molar-refractivity contribution in [1.29, 1.82) is 5.26 Å². The van der Waals surface area contributed by atoms with Gasteiger partial charge >= 0.3 is 5.97 Å². The smallest absolute Gasteiger partial charge is 0.338 e. The molecule has 152 valence electrons. The first kappa shape index (κ1) is 22.3. The maximum Gasteiger partial charge on any atom is 0.338 e. The summed E-state index contributed by atoms with van der Waals surface area (Å²) in [5, 5.41) is 11.4. The summed E-state index contributed by atoms with van der Waals surface area (Å²) in [5.41, 5.74) is 0.927. The minimum Gasteiger partial charge on any atom is -0.494 e. The van der Waals surface area contributed by atoms with E-state index in [2.05, 4.69) is 19.2 Å². The van der Waals surface area contributed by atoms with Gasteiger partial charge in [-0.3, -0.25) is 4.79 Å². The van der Waals surface area contributed by atoms with Gasteiger partial charge in [-0.25, -0.2) is 4.79 Å². The number of nitrogens with one attached hydrogen (secondary N) is 1. The molecule has 0 spiro atoms. The zero-order valence-corrected chi connectivity index (χ0v) is 17.3. The van der Waals surface area contributed by atoms with Gasteiger partial charge in [0.25, 0.3) is 5.91 Å². The van der Waals surface area contributed by atoms with E-state index < -0.39 is 18.5 Å². The highest BCUT2D eigenvalue weighted by molar-refractivity contribution is 7.99. The summed E-state index contributed by atoms with van der Waals surface area (Å²) < 4.78 is 10.7. The van der Waals surface area contributed by atoms with Crippen LogP contribution >= 0.6 is 11.8 Å². The lowest BCUT2D eigenvalue weighted by atomic mass is 10.1. The maximum absolute atomic E-state index is 12.1. The predicted octanol–water partition coefficient (Wildman–Crippen LogP) is 4.52. The first-order chi connectivity index (χ1) is 14.0. The fraction of sp³-hybridized carbons (Fsp3) is 0.318. The third kappa shape index (κ3) is 7.88. The van der Waals surface area contributed by atoms with Crippen molar-refractivity contribution in [1.82, 2.24) is 0 Å². The molecule has 2 aromatic carbocycles. The van der Waals surface area contributed by atoms with Gasteiger partial charge in [0.15, 0.2) is 6.61 Å². The summed E-state index contributed by atoms with van der Waals surface area (Å²) in [6, 6.07) is 15.8. The number of carbonyl (C=O) groups excluding carboxylic acids is 2. The van der Waals surface area contributed by atoms with Gasteiger partial charge in [-0.15, -0.1) is 11.8 Å². The molecule has 0 fully saturated rings. The second kappa shape index (κ2) is 11.8. The van der Waals surface area contributed by atoms with Gasteiger partial charge in [0.05, 0.1) is 29.7 Å². The first-order valence-electron chi connectivity index (χ1n) is 9.28. The van der Waals surface area contributed by atoms with Crippen molar-refractivity contribution in [2.45, 2.75) is 25.2 Å². The summed E-state index contributed by atoms with van der Waals surface area (Å²) in [5.74, 6) is 0.496. The number of amides is 1. The lowest BCUT2D eigenvalue weighted by Crippen LogP contribution is -2.21. The summed E-state index contributed by atoms with van der Waals surface area (Å²) in [6.07, 6.45) is 0.955. The number of benzene rings is 2. The number of hydrogen-bond donors (Lipinski definition) is 1. The van der Waals surface area contributed by atoms with E-state index in [1.54, 1.807) is 36.4 Å². The predicted molar refractivity (Wildman–Crippen MR) is 113 cm³/mol. The molecular weight excluding hydrogens is 388 g/mol. The minimum atomic E-state index is -0.582. The van der Waals surface area contributed by atoms with Crippen molar-refractivity contribution in [3.63, 3.8) is 0 Å². The van der Waals surface area contributed by atoms with Gasteiger partial charge in [-0.1, -0.05) is 26.0 Å². The topological polar surface area (TPSA) is 88.4 Å². The minimum absolute atomic E-state index is 0.277. The van der Waals surface area contributed by atoms with Gasteiger partial charge in [0.2, 0.25) is 0 Å². The van der Waals surface area contributed by atoms with Gasteiger partial charge in [0.1, 0.15) is 5.75 Å². The summed E-state index contributed by atoms with van der Waals surface area (Å²) in [7, 11) is 0. The molecule has 1 N–H and O–H groups in total. The van der Waals surface area contributed by atoms with Crippen molar-refractivity contribution in [3.8, 4) is 11.8 Å². The lowest BCUT2D eigenvalue weighted by Gasteiger charge is -2.10. The Morgan fingerprint density at radius 2 is 1.86 bits per heavy atom. The van der Waals surface area contributed by atoms with Crippen LogP contribution in [0.5, 0.6) is 5.75 Å². The van der Waals surface area contributed by atoms with Crippen LogP contribution in [0.4, 0.5) is 5.69 Å². The Bertz CT molecular complexity index is 860. The van der Waals surface area contributed by atoms with Crippen LogP contribution in [0, 0.1) is 17.2 Å². The van der Waals surface area contributed by atoms with Gasteiger partial charge in [0, 0.05) is 4.90 Å². The molecule has 0 aliphatic carbocycles. The van der Waals surface area contributed by atoms with Crippen LogP contribution in [0.2, 0.25) is 0 Å². The van der Waals surface area contributed by atoms with Gasteiger partial charge in [-0.2, -0.15) is 5.26 Å². The van der Waals surface area contributed by atoms with Crippen LogP contribution in [0.15, 0.2) is 53.4 Å². The van der Waals surface area contributed by atoms with Crippen molar-refractivity contribution in [3.05, 3.63) is 54.1 Å². The maximum atomic E-state index is 12.1. The second-order valence-electron chi connectivity index (χ2n) is 6.62. The van der Waals surface area contributed by atoms with Crippen molar-refractivity contribution in [2.24, 2.45) is 5.92 Å².